The molecule has 3 heterocycles. The summed E-state index contributed by atoms with van der Waals surface area (Å²) in [7, 11) is 0. The van der Waals surface area contributed by atoms with Crippen LogP contribution >= 0.6 is 12.4 Å². The van der Waals surface area contributed by atoms with Crippen LogP contribution in [0.15, 0.2) is 12.4 Å². The molecule has 24 heavy (non-hydrogen) atoms. The van der Waals surface area contributed by atoms with Crippen LogP contribution in [-0.4, -0.2) is 79.3 Å². The Labute approximate surface area is 148 Å². The summed E-state index contributed by atoms with van der Waals surface area (Å²) in [6.45, 7) is 7.79. The summed E-state index contributed by atoms with van der Waals surface area (Å²) in [5.74, 6) is 1.86. The average molecular weight is 357 g/mol. The Morgan fingerprint density at radius 1 is 1.08 bits per heavy atom. The van der Waals surface area contributed by atoms with Crippen molar-refractivity contribution in [3.05, 3.63) is 12.4 Å². The normalized spacial score (nSPS) is 19.7. The van der Waals surface area contributed by atoms with E-state index in [-0.39, 0.29) is 18.3 Å². The van der Waals surface area contributed by atoms with Crippen molar-refractivity contribution < 1.29 is 9.53 Å². The molecule has 2 saturated heterocycles. The number of aromatic nitrogens is 2. The van der Waals surface area contributed by atoms with E-state index in [4.69, 9.17) is 10.5 Å². The summed E-state index contributed by atoms with van der Waals surface area (Å²) < 4.78 is 5.38. The second-order valence-corrected chi connectivity index (χ2v) is 5.93. The number of anilines is 2. The predicted octanol–water partition coefficient (Wildman–Crippen LogP) is -0.269. The molecule has 1 amide bonds. The van der Waals surface area contributed by atoms with Gasteiger partial charge in [0.25, 0.3) is 0 Å². The third kappa shape index (κ3) is 4.25. The van der Waals surface area contributed by atoms with Crippen LogP contribution in [-0.2, 0) is 9.53 Å². The highest BCUT2D eigenvalue weighted by atomic mass is 35.5. The summed E-state index contributed by atoms with van der Waals surface area (Å²) >= 11 is 0. The fourth-order valence-corrected chi connectivity index (χ4v) is 2.92. The van der Waals surface area contributed by atoms with E-state index in [1.54, 1.807) is 13.3 Å². The molecular formula is C15H25ClN6O2. The van der Waals surface area contributed by atoms with Crippen LogP contribution in [0.25, 0.3) is 0 Å². The highest BCUT2D eigenvalue weighted by Crippen LogP contribution is 2.19. The highest BCUT2D eigenvalue weighted by Gasteiger charge is 2.24. The summed E-state index contributed by atoms with van der Waals surface area (Å²) in [5.41, 5.74) is 5.67. The van der Waals surface area contributed by atoms with Gasteiger partial charge in [-0.05, 0) is 6.92 Å². The van der Waals surface area contributed by atoms with E-state index >= 15 is 0 Å². The van der Waals surface area contributed by atoms with Gasteiger partial charge in [-0.1, -0.05) is 0 Å². The first-order valence-corrected chi connectivity index (χ1v) is 8.09. The van der Waals surface area contributed by atoms with Gasteiger partial charge in [-0.15, -0.1) is 12.4 Å². The van der Waals surface area contributed by atoms with Crippen LogP contribution in [0.2, 0.25) is 0 Å². The quantitative estimate of drug-likeness (QED) is 0.797. The third-order valence-corrected chi connectivity index (χ3v) is 4.28. The first-order valence-electron chi connectivity index (χ1n) is 8.09. The molecule has 0 aliphatic carbocycles. The van der Waals surface area contributed by atoms with Crippen LogP contribution in [0.1, 0.15) is 6.92 Å². The second kappa shape index (κ2) is 8.46. The standard InChI is InChI=1S/C15H24N6O2.ClH/c1-12(16)15(22)21-4-2-19(3-5-21)13-10-14(18-11-17-13)20-6-8-23-9-7-20;/h10-12H,2-9,16H2,1H3;1H/t12-;/m1./s1. The van der Waals surface area contributed by atoms with E-state index in [2.05, 4.69) is 19.8 Å². The van der Waals surface area contributed by atoms with Crippen LogP contribution in [0, 0.1) is 0 Å². The number of piperazine rings is 1. The molecule has 2 aliphatic heterocycles. The van der Waals surface area contributed by atoms with Gasteiger partial charge in [0, 0.05) is 45.3 Å². The van der Waals surface area contributed by atoms with Crippen molar-refractivity contribution >= 4 is 29.9 Å². The van der Waals surface area contributed by atoms with Crippen molar-refractivity contribution in [1.82, 2.24) is 14.9 Å². The molecule has 1 aromatic heterocycles. The van der Waals surface area contributed by atoms with Gasteiger partial charge in [0.1, 0.15) is 18.0 Å². The molecule has 9 heteroatoms. The molecule has 8 nitrogen and oxygen atoms in total. The molecule has 0 saturated carbocycles. The van der Waals surface area contributed by atoms with Gasteiger partial charge >= 0.3 is 0 Å². The average Bonchev–Trinajstić information content (AvgIpc) is 2.62. The number of nitrogens with zero attached hydrogens (tertiary/aromatic N) is 5. The molecule has 3 rings (SSSR count). The van der Waals surface area contributed by atoms with Crippen LogP contribution in [0.5, 0.6) is 0 Å². The van der Waals surface area contributed by atoms with Crippen LogP contribution in [0.3, 0.4) is 0 Å². The Morgan fingerprint density at radius 3 is 2.17 bits per heavy atom. The first kappa shape index (κ1) is 18.7. The van der Waals surface area contributed by atoms with Gasteiger partial charge in [0.15, 0.2) is 0 Å². The summed E-state index contributed by atoms with van der Waals surface area (Å²) in [6.07, 6.45) is 1.61. The number of carbonyl (C=O) groups excluding carboxylic acids is 1. The topological polar surface area (TPSA) is 87.8 Å². The van der Waals surface area contributed by atoms with E-state index in [0.29, 0.717) is 13.1 Å². The number of morpholine rings is 1. The van der Waals surface area contributed by atoms with Gasteiger partial charge in [0.05, 0.1) is 19.3 Å². The van der Waals surface area contributed by atoms with E-state index < -0.39 is 6.04 Å². The number of nitrogens with two attached hydrogens (primary N) is 1. The zero-order valence-electron chi connectivity index (χ0n) is 13.9. The molecule has 2 aliphatic rings. The Balaban J connectivity index is 0.00000208. The zero-order valence-corrected chi connectivity index (χ0v) is 14.7. The Kier molecular flexibility index (Phi) is 6.59. The number of ether oxygens (including phenoxy) is 1. The number of hydrogen-bond acceptors (Lipinski definition) is 7. The van der Waals surface area contributed by atoms with Crippen molar-refractivity contribution in [2.45, 2.75) is 13.0 Å². The maximum Gasteiger partial charge on any atom is 0.239 e. The van der Waals surface area contributed by atoms with E-state index in [1.807, 2.05) is 11.0 Å². The maximum absolute atomic E-state index is 11.9. The largest absolute Gasteiger partial charge is 0.378 e. The highest BCUT2D eigenvalue weighted by molar-refractivity contribution is 5.85. The minimum Gasteiger partial charge on any atom is -0.378 e. The molecule has 2 fully saturated rings. The Morgan fingerprint density at radius 2 is 1.62 bits per heavy atom. The molecule has 1 aromatic rings. The molecule has 2 N–H and O–H groups in total. The maximum atomic E-state index is 11.9. The van der Waals surface area contributed by atoms with Gasteiger partial charge < -0.3 is 25.2 Å². The summed E-state index contributed by atoms with van der Waals surface area (Å²) in [5, 5.41) is 0. The van der Waals surface area contributed by atoms with Crippen molar-refractivity contribution in [2.24, 2.45) is 5.73 Å². The summed E-state index contributed by atoms with van der Waals surface area (Å²) in [4.78, 5) is 26.9. The van der Waals surface area contributed by atoms with Crippen molar-refractivity contribution in [3.8, 4) is 0 Å². The third-order valence-electron chi connectivity index (χ3n) is 4.28. The fraction of sp³-hybridized carbons (Fsp3) is 0.667. The van der Waals surface area contributed by atoms with E-state index in [9.17, 15) is 4.79 Å². The van der Waals surface area contributed by atoms with Crippen molar-refractivity contribution in [3.63, 3.8) is 0 Å². The number of carbonyl (C=O) groups is 1. The van der Waals surface area contributed by atoms with E-state index in [0.717, 1.165) is 51.0 Å². The molecule has 0 bridgehead atoms. The van der Waals surface area contributed by atoms with Gasteiger partial charge in [-0.2, -0.15) is 0 Å². The molecule has 0 aromatic carbocycles. The summed E-state index contributed by atoms with van der Waals surface area (Å²) in [6, 6.07) is 1.59. The Bertz CT molecular complexity index is 545. The van der Waals surface area contributed by atoms with Gasteiger partial charge in [0.2, 0.25) is 5.91 Å². The molecule has 0 radical (unpaired) electrons. The minimum absolute atomic E-state index is 0. The molecule has 0 unspecified atom stereocenters. The minimum atomic E-state index is -0.437. The fourth-order valence-electron chi connectivity index (χ4n) is 2.92. The molecule has 0 spiro atoms. The zero-order chi connectivity index (χ0) is 16.2. The van der Waals surface area contributed by atoms with Crippen molar-refractivity contribution in [2.75, 3.05) is 62.3 Å². The number of rotatable bonds is 3. The molecule has 1 atom stereocenters. The van der Waals surface area contributed by atoms with E-state index in [1.165, 1.54) is 0 Å². The molecular weight excluding hydrogens is 332 g/mol. The van der Waals surface area contributed by atoms with Crippen LogP contribution < -0.4 is 15.5 Å². The predicted molar refractivity (Wildman–Crippen MR) is 94.8 cm³/mol. The SMILES string of the molecule is C[C@@H](N)C(=O)N1CCN(c2cc(N3CCOCC3)ncn2)CC1.Cl. The van der Waals surface area contributed by atoms with Gasteiger partial charge in [-0.25, -0.2) is 9.97 Å². The Hall–Kier alpha value is -1.64. The lowest BCUT2D eigenvalue weighted by Crippen LogP contribution is -2.52. The number of amides is 1. The van der Waals surface area contributed by atoms with Gasteiger partial charge in [-0.3, -0.25) is 4.79 Å². The lowest BCUT2D eigenvalue weighted by molar-refractivity contribution is -0.132. The second-order valence-electron chi connectivity index (χ2n) is 5.93. The molecule has 134 valence electrons. The number of halogens is 1. The first-order chi connectivity index (χ1) is 11.1. The lowest BCUT2D eigenvalue weighted by atomic mass is 10.2. The number of hydrogen-bond donors (Lipinski definition) is 1. The van der Waals surface area contributed by atoms with Crippen LogP contribution in [0.4, 0.5) is 11.6 Å². The lowest BCUT2D eigenvalue weighted by Gasteiger charge is -2.36. The monoisotopic (exact) mass is 356 g/mol. The smallest absolute Gasteiger partial charge is 0.239 e. The van der Waals surface area contributed by atoms with Crippen molar-refractivity contribution in [1.29, 1.82) is 0 Å².